The van der Waals surface area contributed by atoms with Crippen molar-refractivity contribution >= 4 is 42.8 Å². The molecule has 2 atom stereocenters. The Labute approximate surface area is 216 Å². The molecular formula is C25H26F4N4O2S2. The van der Waals surface area contributed by atoms with Gasteiger partial charge in [-0.2, -0.15) is 13.2 Å². The molecular weight excluding hydrogens is 528 g/mol. The lowest BCUT2D eigenvalue weighted by Gasteiger charge is -2.33. The van der Waals surface area contributed by atoms with Crippen LogP contribution in [-0.4, -0.2) is 58.4 Å². The lowest BCUT2D eigenvalue weighted by molar-refractivity contribution is -0.126. The molecule has 4 rings (SSSR count). The second-order valence-electron chi connectivity index (χ2n) is 8.93. The molecule has 12 heteroatoms. The van der Waals surface area contributed by atoms with Gasteiger partial charge in [0.05, 0.1) is 39.2 Å². The molecule has 0 bridgehead atoms. The number of fused-ring (bicyclic) bond motifs is 1. The molecule has 0 aliphatic carbocycles. The fourth-order valence-electron chi connectivity index (χ4n) is 4.21. The van der Waals surface area contributed by atoms with E-state index in [1.807, 2.05) is 11.9 Å². The van der Waals surface area contributed by atoms with E-state index in [2.05, 4.69) is 22.5 Å². The third-order valence-electron chi connectivity index (χ3n) is 6.05. The average molecular weight is 555 g/mol. The minimum atomic E-state index is -4.42. The molecule has 0 saturated carbocycles. The van der Waals surface area contributed by atoms with E-state index in [4.69, 9.17) is 5.14 Å². The van der Waals surface area contributed by atoms with Crippen LogP contribution in [0.25, 0.3) is 10.1 Å². The molecule has 3 aromatic rings. The molecule has 0 amide bonds. The van der Waals surface area contributed by atoms with Crippen LogP contribution in [0.5, 0.6) is 0 Å². The van der Waals surface area contributed by atoms with Gasteiger partial charge in [-0.1, -0.05) is 24.0 Å². The molecule has 4 N–H and O–H groups in total. The van der Waals surface area contributed by atoms with Gasteiger partial charge in [-0.3, -0.25) is 0 Å². The van der Waals surface area contributed by atoms with E-state index < -0.39 is 34.8 Å². The molecule has 0 unspecified atom stereocenters. The Morgan fingerprint density at radius 3 is 2.57 bits per heavy atom. The number of halogens is 4. The van der Waals surface area contributed by atoms with Crippen molar-refractivity contribution < 1.29 is 26.0 Å². The maximum absolute atomic E-state index is 14.6. The summed E-state index contributed by atoms with van der Waals surface area (Å²) in [5.74, 6) is 5.71. The number of piperidine rings is 1. The highest BCUT2D eigenvalue weighted by molar-refractivity contribution is 7.89. The van der Waals surface area contributed by atoms with Crippen LogP contribution in [0.1, 0.15) is 16.9 Å². The van der Waals surface area contributed by atoms with Gasteiger partial charge >= 0.3 is 6.18 Å². The van der Waals surface area contributed by atoms with Crippen LogP contribution in [0.15, 0.2) is 47.4 Å². The highest BCUT2D eigenvalue weighted by atomic mass is 32.2. The zero-order valence-electron chi connectivity index (χ0n) is 19.9. The molecule has 1 saturated heterocycles. The molecule has 6 nitrogen and oxygen atoms in total. The van der Waals surface area contributed by atoms with E-state index in [0.29, 0.717) is 39.3 Å². The van der Waals surface area contributed by atoms with Crippen LogP contribution in [0.4, 0.5) is 28.9 Å². The predicted molar refractivity (Wildman–Crippen MR) is 139 cm³/mol. The van der Waals surface area contributed by atoms with Gasteiger partial charge in [-0.15, -0.1) is 11.3 Å². The molecule has 0 spiro atoms. The Hall–Kier alpha value is -2.85. The summed E-state index contributed by atoms with van der Waals surface area (Å²) in [6.07, 6.45) is -6.04. The minimum Gasteiger partial charge on any atom is -0.378 e. The largest absolute Gasteiger partial charge is 0.393 e. The summed E-state index contributed by atoms with van der Waals surface area (Å²) < 4.78 is 78.3. The molecule has 2 heterocycles. The van der Waals surface area contributed by atoms with Crippen LogP contribution in [0.2, 0.25) is 0 Å². The van der Waals surface area contributed by atoms with E-state index in [1.54, 1.807) is 18.2 Å². The second-order valence-corrected chi connectivity index (χ2v) is 11.5. The summed E-state index contributed by atoms with van der Waals surface area (Å²) >= 11 is 1.16. The molecule has 1 aromatic heterocycles. The van der Waals surface area contributed by atoms with Crippen LogP contribution in [-0.2, 0) is 16.4 Å². The number of primary sulfonamides is 1. The van der Waals surface area contributed by atoms with E-state index in [9.17, 15) is 26.0 Å². The number of alkyl halides is 4. The monoisotopic (exact) mass is 554 g/mol. The number of sulfonamides is 1. The molecule has 1 fully saturated rings. The lowest BCUT2D eigenvalue weighted by Crippen LogP contribution is -2.46. The fourth-order valence-corrected chi connectivity index (χ4v) is 5.90. The van der Waals surface area contributed by atoms with E-state index >= 15 is 0 Å². The highest BCUT2D eigenvalue weighted by Gasteiger charge is 2.32. The zero-order chi connectivity index (χ0) is 26.8. The van der Waals surface area contributed by atoms with Gasteiger partial charge in [0.1, 0.15) is 6.17 Å². The minimum absolute atomic E-state index is 0.0325. The van der Waals surface area contributed by atoms with Crippen LogP contribution < -0.4 is 15.8 Å². The van der Waals surface area contributed by atoms with Crippen LogP contribution in [0, 0.1) is 11.8 Å². The lowest BCUT2D eigenvalue weighted by atomic mass is 10.0. The number of nitrogens with one attached hydrogen (secondary N) is 2. The highest BCUT2D eigenvalue weighted by Crippen LogP contribution is 2.39. The summed E-state index contributed by atoms with van der Waals surface area (Å²) in [6, 6.07) is 10.4. The van der Waals surface area contributed by atoms with E-state index in [-0.39, 0.29) is 17.0 Å². The van der Waals surface area contributed by atoms with Gasteiger partial charge in [0.2, 0.25) is 10.0 Å². The number of nitrogens with two attached hydrogens (primary N) is 1. The van der Waals surface area contributed by atoms with Gasteiger partial charge < -0.3 is 15.5 Å². The Morgan fingerprint density at radius 2 is 1.92 bits per heavy atom. The maximum Gasteiger partial charge on any atom is 0.393 e. The van der Waals surface area contributed by atoms with Crippen molar-refractivity contribution in [3.8, 4) is 11.8 Å². The van der Waals surface area contributed by atoms with Crippen molar-refractivity contribution in [1.29, 1.82) is 0 Å². The topological polar surface area (TPSA) is 87.5 Å². The molecule has 37 heavy (non-hydrogen) atoms. The van der Waals surface area contributed by atoms with Gasteiger partial charge in [0, 0.05) is 18.8 Å². The van der Waals surface area contributed by atoms with Crippen molar-refractivity contribution in [2.45, 2.75) is 36.1 Å². The summed E-state index contributed by atoms with van der Waals surface area (Å²) in [4.78, 5) is 2.18. The van der Waals surface area contributed by atoms with Crippen molar-refractivity contribution in [2.75, 3.05) is 37.3 Å². The molecule has 1 aliphatic heterocycles. The third kappa shape index (κ3) is 6.93. The summed E-state index contributed by atoms with van der Waals surface area (Å²) in [5, 5.41) is 11.7. The molecule has 198 valence electrons. The molecule has 2 aromatic carbocycles. The number of nitrogens with zero attached hydrogens (tertiary/aromatic N) is 1. The van der Waals surface area contributed by atoms with Gasteiger partial charge in [0.15, 0.2) is 0 Å². The van der Waals surface area contributed by atoms with Crippen molar-refractivity contribution in [3.63, 3.8) is 0 Å². The third-order valence-corrected chi connectivity index (χ3v) is 8.17. The summed E-state index contributed by atoms with van der Waals surface area (Å²) in [6.45, 7) is 1.15. The first kappa shape index (κ1) is 27.2. The van der Waals surface area contributed by atoms with E-state index in [0.717, 1.165) is 17.9 Å². The number of likely N-dealkylation sites (tertiary alicyclic amines) is 1. The Balaban J connectivity index is 1.58. The smallest absolute Gasteiger partial charge is 0.378 e. The normalized spacial score (nSPS) is 18.9. The van der Waals surface area contributed by atoms with E-state index in [1.165, 1.54) is 24.3 Å². The Kier molecular flexibility index (Phi) is 7.99. The first-order valence-corrected chi connectivity index (χ1v) is 13.8. The van der Waals surface area contributed by atoms with Crippen molar-refractivity contribution in [3.05, 3.63) is 52.9 Å². The number of thiophene rings is 1. The average Bonchev–Trinajstić information content (AvgIpc) is 3.15. The van der Waals surface area contributed by atoms with Crippen molar-refractivity contribution in [2.24, 2.45) is 5.14 Å². The number of hydrogen-bond donors (Lipinski definition) is 3. The number of rotatable bonds is 6. The SMILES string of the molecule is CN1CC[C@@H](Nc2cccc3c(CC(F)(F)F)c(C#CCNc4ccc(S(N)(=O)=O)cc4)sc23)[C@H](F)C1. The summed E-state index contributed by atoms with van der Waals surface area (Å²) in [5.41, 5.74) is 1.28. The molecule has 1 aliphatic rings. The van der Waals surface area contributed by atoms with Crippen LogP contribution >= 0.6 is 11.3 Å². The summed E-state index contributed by atoms with van der Waals surface area (Å²) in [7, 11) is -1.95. The Bertz CT molecular complexity index is 1430. The second kappa shape index (κ2) is 10.9. The number of hydrogen-bond acceptors (Lipinski definition) is 6. The first-order valence-electron chi connectivity index (χ1n) is 11.5. The number of anilines is 2. The van der Waals surface area contributed by atoms with Crippen LogP contribution in [0.3, 0.4) is 0 Å². The van der Waals surface area contributed by atoms with Gasteiger partial charge in [0.25, 0.3) is 0 Å². The zero-order valence-corrected chi connectivity index (χ0v) is 21.5. The molecule has 0 radical (unpaired) electrons. The quantitative estimate of drug-likeness (QED) is 0.307. The standard InChI is InChI=1S/C25H26F4N4O2S2/c1-33-13-11-21(20(26)15-33)32-22-5-2-4-18-19(14-25(27,28)29)23(36-24(18)22)6-3-12-31-16-7-9-17(10-8-16)37(30,34)35/h2,4-5,7-10,20-21,31-32H,11-15H2,1H3,(H2,30,34,35)/t20-,21-/m1/s1. The van der Waals surface area contributed by atoms with Crippen molar-refractivity contribution in [1.82, 2.24) is 4.90 Å². The Morgan fingerprint density at radius 1 is 1.19 bits per heavy atom. The van der Waals surface area contributed by atoms with Gasteiger partial charge in [-0.05, 0) is 54.8 Å². The van der Waals surface area contributed by atoms with Gasteiger partial charge in [-0.25, -0.2) is 17.9 Å². The maximum atomic E-state index is 14.6. The first-order chi connectivity index (χ1) is 17.4. The number of benzene rings is 2. The fraction of sp³-hybridized carbons (Fsp3) is 0.360. The predicted octanol–water partition coefficient (Wildman–Crippen LogP) is 4.57.